The van der Waals surface area contributed by atoms with Gasteiger partial charge in [0.25, 0.3) is 5.91 Å². The molecule has 26 heavy (non-hydrogen) atoms. The van der Waals surface area contributed by atoms with E-state index < -0.39 is 23.5 Å². The first-order valence-electron chi connectivity index (χ1n) is 8.57. The molecule has 3 unspecified atom stereocenters. The van der Waals surface area contributed by atoms with E-state index in [1.165, 1.54) is 5.56 Å². The Hall–Kier alpha value is -2.44. The Balaban J connectivity index is 1.68. The molecule has 1 saturated carbocycles. The number of anilines is 1. The molecule has 4 nitrogen and oxygen atoms in total. The molecule has 0 bridgehead atoms. The predicted molar refractivity (Wildman–Crippen MR) is 89.9 cm³/mol. The lowest BCUT2D eigenvalue weighted by molar-refractivity contribution is -0.141. The average molecular weight is 361 g/mol. The van der Waals surface area contributed by atoms with Crippen LogP contribution < -0.4 is 5.32 Å². The highest BCUT2D eigenvalue weighted by atomic mass is 19.4. The SMILES string of the molecule is CC1CCC2c3c(NC(=O)c4nccnc4C(F)(F)F)cccc3C12C. The van der Waals surface area contributed by atoms with E-state index in [-0.39, 0.29) is 5.41 Å². The van der Waals surface area contributed by atoms with Gasteiger partial charge in [0.1, 0.15) is 0 Å². The summed E-state index contributed by atoms with van der Waals surface area (Å²) in [5.41, 5.74) is 0.902. The molecule has 1 fully saturated rings. The Morgan fingerprint density at radius 3 is 2.69 bits per heavy atom. The van der Waals surface area contributed by atoms with Crippen molar-refractivity contribution in [3.8, 4) is 0 Å². The van der Waals surface area contributed by atoms with Gasteiger partial charge in [-0.05, 0) is 41.9 Å². The molecule has 1 aromatic carbocycles. The second-order valence-electron chi connectivity index (χ2n) is 7.29. The van der Waals surface area contributed by atoms with Crippen LogP contribution in [0.15, 0.2) is 30.6 Å². The number of nitrogens with one attached hydrogen (secondary N) is 1. The van der Waals surface area contributed by atoms with E-state index in [1.54, 1.807) is 6.07 Å². The molecule has 4 rings (SSSR count). The van der Waals surface area contributed by atoms with Crippen LogP contribution in [0.2, 0.25) is 0 Å². The molecule has 3 atom stereocenters. The number of halogens is 3. The molecule has 1 amide bonds. The molecule has 1 heterocycles. The molecule has 0 radical (unpaired) electrons. The molecule has 136 valence electrons. The van der Waals surface area contributed by atoms with Crippen molar-refractivity contribution >= 4 is 11.6 Å². The molecule has 0 saturated heterocycles. The first-order valence-corrected chi connectivity index (χ1v) is 8.57. The van der Waals surface area contributed by atoms with Gasteiger partial charge in [-0.3, -0.25) is 4.79 Å². The predicted octanol–water partition coefficient (Wildman–Crippen LogP) is 4.53. The van der Waals surface area contributed by atoms with Crippen LogP contribution >= 0.6 is 0 Å². The van der Waals surface area contributed by atoms with Gasteiger partial charge in [0.15, 0.2) is 11.4 Å². The van der Waals surface area contributed by atoms with Crippen molar-refractivity contribution in [2.24, 2.45) is 5.92 Å². The Labute approximate surface area is 148 Å². The van der Waals surface area contributed by atoms with Gasteiger partial charge >= 0.3 is 6.18 Å². The van der Waals surface area contributed by atoms with Crippen LogP contribution in [0.1, 0.15) is 59.9 Å². The zero-order valence-corrected chi connectivity index (χ0v) is 14.4. The Morgan fingerprint density at radius 1 is 1.23 bits per heavy atom. The standard InChI is InChI=1S/C19H18F3N3O/c1-10-6-7-12-14-11(18(10,12)2)4-3-5-13(14)25-17(26)15-16(19(20,21)22)24-9-8-23-15/h3-5,8-10,12H,6-7H2,1-2H3,(H,25,26). The van der Waals surface area contributed by atoms with Crippen LogP contribution in [0, 0.1) is 5.92 Å². The highest BCUT2D eigenvalue weighted by Crippen LogP contribution is 2.65. The summed E-state index contributed by atoms with van der Waals surface area (Å²) in [7, 11) is 0. The number of alkyl halides is 3. The van der Waals surface area contributed by atoms with Crippen molar-refractivity contribution < 1.29 is 18.0 Å². The lowest BCUT2D eigenvalue weighted by atomic mass is 9.56. The first-order chi connectivity index (χ1) is 12.2. The van der Waals surface area contributed by atoms with Gasteiger partial charge in [0.05, 0.1) is 0 Å². The number of fused-ring (bicyclic) bond motifs is 4. The molecule has 2 aliphatic rings. The normalized spacial score (nSPS) is 26.7. The lowest BCUT2D eigenvalue weighted by Gasteiger charge is -2.48. The van der Waals surface area contributed by atoms with Gasteiger partial charge in [0, 0.05) is 23.5 Å². The third-order valence-electron chi connectivity index (χ3n) is 6.10. The minimum atomic E-state index is -4.73. The van der Waals surface area contributed by atoms with Crippen molar-refractivity contribution in [2.45, 2.75) is 44.2 Å². The van der Waals surface area contributed by atoms with Crippen molar-refractivity contribution in [2.75, 3.05) is 5.32 Å². The lowest BCUT2D eigenvalue weighted by Crippen LogP contribution is -2.41. The van der Waals surface area contributed by atoms with Gasteiger partial charge in [-0.1, -0.05) is 26.0 Å². The molecular formula is C19H18F3N3O. The molecule has 0 spiro atoms. The monoisotopic (exact) mass is 361 g/mol. The average Bonchev–Trinajstić information content (AvgIpc) is 2.84. The summed E-state index contributed by atoms with van der Waals surface area (Å²) in [6.07, 6.45) is -0.590. The van der Waals surface area contributed by atoms with E-state index in [2.05, 4.69) is 29.1 Å². The Kier molecular flexibility index (Phi) is 3.61. The largest absolute Gasteiger partial charge is 0.435 e. The van der Waals surface area contributed by atoms with Crippen LogP contribution in [-0.2, 0) is 11.6 Å². The summed E-state index contributed by atoms with van der Waals surface area (Å²) in [4.78, 5) is 19.4. The third-order valence-corrected chi connectivity index (χ3v) is 6.10. The highest BCUT2D eigenvalue weighted by molar-refractivity contribution is 6.04. The van der Waals surface area contributed by atoms with E-state index >= 15 is 0 Å². The fraction of sp³-hybridized carbons (Fsp3) is 0.421. The molecule has 1 N–H and O–H groups in total. The summed E-state index contributed by atoms with van der Waals surface area (Å²) < 4.78 is 39.3. The van der Waals surface area contributed by atoms with Gasteiger partial charge < -0.3 is 5.32 Å². The highest BCUT2D eigenvalue weighted by Gasteiger charge is 2.55. The van der Waals surface area contributed by atoms with Gasteiger partial charge in [-0.15, -0.1) is 0 Å². The minimum Gasteiger partial charge on any atom is -0.320 e. The maximum absolute atomic E-state index is 13.1. The van der Waals surface area contributed by atoms with Crippen molar-refractivity contribution in [3.05, 3.63) is 53.1 Å². The van der Waals surface area contributed by atoms with Gasteiger partial charge in [0.2, 0.25) is 0 Å². The fourth-order valence-corrected chi connectivity index (χ4v) is 4.59. The van der Waals surface area contributed by atoms with E-state index in [4.69, 9.17) is 0 Å². The number of amides is 1. The maximum Gasteiger partial charge on any atom is 0.435 e. The molecule has 7 heteroatoms. The maximum atomic E-state index is 13.1. The van der Waals surface area contributed by atoms with Crippen molar-refractivity contribution in [3.63, 3.8) is 0 Å². The molecule has 2 aliphatic carbocycles. The zero-order chi connectivity index (χ0) is 18.7. The topological polar surface area (TPSA) is 54.9 Å². The number of benzene rings is 1. The number of rotatable bonds is 2. The zero-order valence-electron chi connectivity index (χ0n) is 14.4. The summed E-state index contributed by atoms with van der Waals surface area (Å²) in [5, 5.41) is 2.63. The second kappa shape index (κ2) is 5.53. The van der Waals surface area contributed by atoms with E-state index in [0.29, 0.717) is 17.5 Å². The van der Waals surface area contributed by atoms with E-state index in [9.17, 15) is 18.0 Å². The Bertz CT molecular complexity index is 896. The number of hydrogen-bond acceptors (Lipinski definition) is 3. The number of hydrogen-bond donors (Lipinski definition) is 1. The van der Waals surface area contributed by atoms with Gasteiger partial charge in [-0.2, -0.15) is 13.2 Å². The van der Waals surface area contributed by atoms with Crippen LogP contribution in [0.4, 0.5) is 18.9 Å². The van der Waals surface area contributed by atoms with Crippen LogP contribution in [0.25, 0.3) is 0 Å². The van der Waals surface area contributed by atoms with Crippen molar-refractivity contribution in [1.82, 2.24) is 9.97 Å². The Morgan fingerprint density at radius 2 is 1.96 bits per heavy atom. The van der Waals surface area contributed by atoms with Crippen molar-refractivity contribution in [1.29, 1.82) is 0 Å². The molecule has 0 aliphatic heterocycles. The summed E-state index contributed by atoms with van der Waals surface area (Å²) in [6, 6.07) is 5.62. The molecule has 1 aromatic heterocycles. The second-order valence-corrected chi connectivity index (χ2v) is 7.29. The molecular weight excluding hydrogens is 343 g/mol. The summed E-state index contributed by atoms with van der Waals surface area (Å²) >= 11 is 0. The van der Waals surface area contributed by atoms with Crippen LogP contribution in [0.5, 0.6) is 0 Å². The van der Waals surface area contributed by atoms with Crippen LogP contribution in [0.3, 0.4) is 0 Å². The van der Waals surface area contributed by atoms with E-state index in [1.807, 2.05) is 12.1 Å². The smallest absolute Gasteiger partial charge is 0.320 e. The summed E-state index contributed by atoms with van der Waals surface area (Å²) in [6.45, 7) is 4.46. The number of carbonyl (C=O) groups excluding carboxylic acids is 1. The quantitative estimate of drug-likeness (QED) is 0.855. The number of nitrogens with zero attached hydrogens (tertiary/aromatic N) is 2. The number of carbonyl (C=O) groups is 1. The van der Waals surface area contributed by atoms with E-state index in [0.717, 1.165) is 30.8 Å². The van der Waals surface area contributed by atoms with Gasteiger partial charge in [-0.25, -0.2) is 9.97 Å². The van der Waals surface area contributed by atoms with Crippen LogP contribution in [-0.4, -0.2) is 15.9 Å². The number of aromatic nitrogens is 2. The third kappa shape index (κ3) is 2.26. The summed E-state index contributed by atoms with van der Waals surface area (Å²) in [5.74, 6) is -0.0193. The first kappa shape index (κ1) is 17.0. The fourth-order valence-electron chi connectivity index (χ4n) is 4.59. The molecule has 2 aromatic rings. The minimum absolute atomic E-state index is 0.0831.